The standard InChI is InChI=1S/C22H22N2O3/c1-3-26-19-8-6-18(7-9-19)24(12-4-11-23)22(25)14-17-15-27-21-13-16(2)5-10-20(17)21/h5-10,13,15H,3-4,12,14H2,1-2H3. The summed E-state index contributed by atoms with van der Waals surface area (Å²) in [6.45, 7) is 4.86. The van der Waals surface area contributed by atoms with E-state index in [1.54, 1.807) is 11.2 Å². The summed E-state index contributed by atoms with van der Waals surface area (Å²) >= 11 is 0. The summed E-state index contributed by atoms with van der Waals surface area (Å²) in [5, 5.41) is 9.90. The molecule has 2 aromatic carbocycles. The van der Waals surface area contributed by atoms with Crippen LogP contribution in [0, 0.1) is 18.3 Å². The van der Waals surface area contributed by atoms with Crippen molar-refractivity contribution in [1.29, 1.82) is 5.26 Å². The minimum absolute atomic E-state index is 0.0716. The van der Waals surface area contributed by atoms with Crippen LogP contribution in [0.25, 0.3) is 11.0 Å². The molecule has 1 aromatic heterocycles. The Balaban J connectivity index is 1.83. The van der Waals surface area contributed by atoms with E-state index in [-0.39, 0.29) is 18.7 Å². The molecule has 1 heterocycles. The van der Waals surface area contributed by atoms with Crippen LogP contribution in [-0.4, -0.2) is 19.1 Å². The summed E-state index contributed by atoms with van der Waals surface area (Å²) < 4.78 is 11.1. The molecule has 1 amide bonds. The molecule has 0 aliphatic rings. The van der Waals surface area contributed by atoms with Crippen LogP contribution in [-0.2, 0) is 11.2 Å². The third kappa shape index (κ3) is 4.29. The van der Waals surface area contributed by atoms with Gasteiger partial charge in [0, 0.05) is 23.2 Å². The van der Waals surface area contributed by atoms with Crippen molar-refractivity contribution in [3.05, 3.63) is 59.9 Å². The first-order chi connectivity index (χ1) is 13.1. The largest absolute Gasteiger partial charge is 0.494 e. The maximum atomic E-state index is 13.0. The van der Waals surface area contributed by atoms with Crippen molar-refractivity contribution in [3.8, 4) is 11.8 Å². The molecule has 0 radical (unpaired) electrons. The van der Waals surface area contributed by atoms with Gasteiger partial charge in [0.05, 0.1) is 31.8 Å². The van der Waals surface area contributed by atoms with Gasteiger partial charge >= 0.3 is 0 Å². The van der Waals surface area contributed by atoms with Gasteiger partial charge in [-0.25, -0.2) is 0 Å². The van der Waals surface area contributed by atoms with Crippen molar-refractivity contribution in [2.24, 2.45) is 0 Å². The number of nitriles is 1. The van der Waals surface area contributed by atoms with Gasteiger partial charge < -0.3 is 14.1 Å². The zero-order chi connectivity index (χ0) is 19.2. The molecule has 0 unspecified atom stereocenters. The first-order valence-corrected chi connectivity index (χ1v) is 8.99. The van der Waals surface area contributed by atoms with Crippen LogP contribution in [0.2, 0.25) is 0 Å². The van der Waals surface area contributed by atoms with E-state index >= 15 is 0 Å². The summed E-state index contributed by atoms with van der Waals surface area (Å²) in [5.74, 6) is 0.683. The summed E-state index contributed by atoms with van der Waals surface area (Å²) in [4.78, 5) is 14.6. The van der Waals surface area contributed by atoms with Crippen LogP contribution in [0.5, 0.6) is 5.75 Å². The van der Waals surface area contributed by atoms with E-state index < -0.39 is 0 Å². The lowest BCUT2D eigenvalue weighted by Crippen LogP contribution is -2.33. The third-order valence-electron chi connectivity index (χ3n) is 4.36. The van der Waals surface area contributed by atoms with E-state index in [0.717, 1.165) is 33.5 Å². The van der Waals surface area contributed by atoms with Crippen molar-refractivity contribution in [3.63, 3.8) is 0 Å². The fraction of sp³-hybridized carbons (Fsp3) is 0.273. The monoisotopic (exact) mass is 362 g/mol. The Bertz CT molecular complexity index is 967. The molecular formula is C22H22N2O3. The fourth-order valence-corrected chi connectivity index (χ4v) is 3.03. The Morgan fingerprint density at radius 1 is 1.22 bits per heavy atom. The molecule has 0 atom stereocenters. The van der Waals surface area contributed by atoms with Crippen molar-refractivity contribution >= 4 is 22.6 Å². The number of hydrogen-bond donors (Lipinski definition) is 0. The molecule has 0 saturated carbocycles. The summed E-state index contributed by atoms with van der Waals surface area (Å²) in [6, 6.07) is 15.4. The molecule has 3 rings (SSSR count). The zero-order valence-corrected chi connectivity index (χ0v) is 15.6. The molecule has 138 valence electrons. The molecule has 0 saturated heterocycles. The molecule has 3 aromatic rings. The van der Waals surface area contributed by atoms with Gasteiger partial charge in [-0.15, -0.1) is 0 Å². The van der Waals surface area contributed by atoms with Crippen molar-refractivity contribution in [1.82, 2.24) is 0 Å². The number of aryl methyl sites for hydroxylation is 1. The smallest absolute Gasteiger partial charge is 0.231 e. The Labute approximate surface area is 158 Å². The number of fused-ring (bicyclic) bond motifs is 1. The maximum absolute atomic E-state index is 13.0. The number of amides is 1. The van der Waals surface area contributed by atoms with Crippen LogP contribution in [0.1, 0.15) is 24.5 Å². The highest BCUT2D eigenvalue weighted by atomic mass is 16.5. The van der Waals surface area contributed by atoms with E-state index in [0.29, 0.717) is 13.2 Å². The first-order valence-electron chi connectivity index (χ1n) is 8.99. The average Bonchev–Trinajstić information content (AvgIpc) is 3.05. The molecule has 5 heteroatoms. The van der Waals surface area contributed by atoms with Gasteiger partial charge in [-0.1, -0.05) is 12.1 Å². The Morgan fingerprint density at radius 3 is 2.70 bits per heavy atom. The number of benzene rings is 2. The molecule has 0 bridgehead atoms. The number of furan rings is 1. The minimum Gasteiger partial charge on any atom is -0.494 e. The lowest BCUT2D eigenvalue weighted by molar-refractivity contribution is -0.118. The van der Waals surface area contributed by atoms with Crippen LogP contribution in [0.3, 0.4) is 0 Å². The predicted molar refractivity (Wildman–Crippen MR) is 105 cm³/mol. The molecule has 27 heavy (non-hydrogen) atoms. The normalized spacial score (nSPS) is 10.6. The predicted octanol–water partition coefficient (Wildman–Crippen LogP) is 4.63. The SMILES string of the molecule is CCOc1ccc(N(CCC#N)C(=O)Cc2coc3cc(C)ccc23)cc1. The minimum atomic E-state index is -0.0716. The quantitative estimate of drug-likeness (QED) is 0.615. The second kappa shape index (κ2) is 8.41. The van der Waals surface area contributed by atoms with Gasteiger partial charge in [0.2, 0.25) is 5.91 Å². The van der Waals surface area contributed by atoms with Crippen LogP contribution in [0.15, 0.2) is 53.1 Å². The van der Waals surface area contributed by atoms with Gasteiger partial charge in [0.25, 0.3) is 0 Å². The Morgan fingerprint density at radius 2 is 2.00 bits per heavy atom. The van der Waals surface area contributed by atoms with E-state index in [9.17, 15) is 4.79 Å². The lowest BCUT2D eigenvalue weighted by atomic mass is 10.1. The van der Waals surface area contributed by atoms with Crippen LogP contribution in [0.4, 0.5) is 5.69 Å². The highest BCUT2D eigenvalue weighted by Crippen LogP contribution is 2.25. The molecular weight excluding hydrogens is 340 g/mol. The fourth-order valence-electron chi connectivity index (χ4n) is 3.03. The number of ether oxygens (including phenoxy) is 1. The first kappa shape index (κ1) is 18.5. The molecule has 0 aliphatic heterocycles. The van der Waals surface area contributed by atoms with E-state index in [1.165, 1.54) is 0 Å². The molecule has 0 fully saturated rings. The molecule has 0 N–H and O–H groups in total. The van der Waals surface area contributed by atoms with Crippen molar-refractivity contribution in [2.75, 3.05) is 18.1 Å². The third-order valence-corrected chi connectivity index (χ3v) is 4.36. The van der Waals surface area contributed by atoms with Crippen LogP contribution < -0.4 is 9.64 Å². The number of rotatable bonds is 7. The summed E-state index contributed by atoms with van der Waals surface area (Å²) in [7, 11) is 0. The van der Waals surface area contributed by atoms with E-state index in [4.69, 9.17) is 14.4 Å². The highest BCUT2D eigenvalue weighted by Gasteiger charge is 2.18. The van der Waals surface area contributed by atoms with Gasteiger partial charge in [0.1, 0.15) is 11.3 Å². The second-order valence-electron chi connectivity index (χ2n) is 6.32. The topological polar surface area (TPSA) is 66.5 Å². The van der Waals surface area contributed by atoms with E-state index in [1.807, 2.05) is 56.3 Å². The Hall–Kier alpha value is -3.26. The lowest BCUT2D eigenvalue weighted by Gasteiger charge is -2.22. The zero-order valence-electron chi connectivity index (χ0n) is 15.6. The highest BCUT2D eigenvalue weighted by molar-refractivity contribution is 5.97. The van der Waals surface area contributed by atoms with Gasteiger partial charge in [-0.2, -0.15) is 5.26 Å². The van der Waals surface area contributed by atoms with E-state index in [2.05, 4.69) is 6.07 Å². The van der Waals surface area contributed by atoms with Gasteiger partial charge in [-0.3, -0.25) is 4.79 Å². The second-order valence-corrected chi connectivity index (χ2v) is 6.32. The van der Waals surface area contributed by atoms with Crippen molar-refractivity contribution in [2.45, 2.75) is 26.7 Å². The number of hydrogen-bond acceptors (Lipinski definition) is 4. The number of anilines is 1. The molecule has 0 aliphatic carbocycles. The number of carbonyl (C=O) groups excluding carboxylic acids is 1. The van der Waals surface area contributed by atoms with Gasteiger partial charge in [0.15, 0.2) is 0 Å². The Kier molecular flexibility index (Phi) is 5.77. The van der Waals surface area contributed by atoms with Crippen LogP contribution >= 0.6 is 0 Å². The maximum Gasteiger partial charge on any atom is 0.231 e. The average molecular weight is 362 g/mol. The summed E-state index contributed by atoms with van der Waals surface area (Å²) in [6.07, 6.45) is 2.13. The van der Waals surface area contributed by atoms with Crippen molar-refractivity contribution < 1.29 is 13.9 Å². The number of carbonyl (C=O) groups is 1. The molecule has 5 nitrogen and oxygen atoms in total. The van der Waals surface area contributed by atoms with Gasteiger partial charge in [-0.05, 0) is 49.7 Å². The number of nitrogens with zero attached hydrogens (tertiary/aromatic N) is 2. The molecule has 0 spiro atoms. The summed E-state index contributed by atoms with van der Waals surface area (Å²) in [5.41, 5.74) is 3.49.